The third kappa shape index (κ3) is 5.19. The normalized spacial score (nSPS) is 21.3. The fourth-order valence-corrected chi connectivity index (χ4v) is 5.08. The lowest BCUT2D eigenvalue weighted by Crippen LogP contribution is -2.49. The number of ether oxygens (including phenoxy) is 1. The smallest absolute Gasteiger partial charge is 0.0642 e. The molecule has 0 radical (unpaired) electrons. The Bertz CT molecular complexity index is 951. The first kappa shape index (κ1) is 24.0. The minimum Gasteiger partial charge on any atom is -0.394 e. The predicted octanol–water partition coefficient (Wildman–Crippen LogP) is 3.75. The van der Waals surface area contributed by atoms with Gasteiger partial charge in [-0.05, 0) is 60.6 Å². The van der Waals surface area contributed by atoms with Gasteiger partial charge in [-0.15, -0.1) is 0 Å². The molecular weight excluding hydrogens is 414 g/mol. The van der Waals surface area contributed by atoms with E-state index in [2.05, 4.69) is 78.8 Å². The highest BCUT2D eigenvalue weighted by Crippen LogP contribution is 2.45. The zero-order valence-corrected chi connectivity index (χ0v) is 20.4. The summed E-state index contributed by atoms with van der Waals surface area (Å²) in [6.45, 7) is 11.8. The second-order valence-corrected chi connectivity index (χ2v) is 10.5. The Labute approximate surface area is 198 Å². The van der Waals surface area contributed by atoms with Gasteiger partial charge in [0, 0.05) is 30.5 Å². The highest BCUT2D eigenvalue weighted by molar-refractivity contribution is 5.61. The molecule has 2 heterocycles. The van der Waals surface area contributed by atoms with Crippen LogP contribution in [0.2, 0.25) is 0 Å². The van der Waals surface area contributed by atoms with E-state index >= 15 is 0 Å². The van der Waals surface area contributed by atoms with Crippen molar-refractivity contribution in [1.29, 1.82) is 0 Å². The van der Waals surface area contributed by atoms with Crippen molar-refractivity contribution >= 4 is 11.4 Å². The van der Waals surface area contributed by atoms with Crippen molar-refractivity contribution in [2.75, 3.05) is 49.7 Å². The summed E-state index contributed by atoms with van der Waals surface area (Å²) in [5.74, 6) is 0. The van der Waals surface area contributed by atoms with E-state index in [1.165, 1.54) is 22.5 Å². The predicted molar refractivity (Wildman–Crippen MR) is 134 cm³/mol. The van der Waals surface area contributed by atoms with Crippen LogP contribution in [0.4, 0.5) is 11.4 Å². The number of aliphatic hydroxyl groups is 2. The van der Waals surface area contributed by atoms with E-state index in [1.54, 1.807) is 0 Å². The van der Waals surface area contributed by atoms with Gasteiger partial charge in [0.05, 0.1) is 38.0 Å². The maximum atomic E-state index is 9.65. The molecule has 1 fully saturated rings. The van der Waals surface area contributed by atoms with Gasteiger partial charge in [-0.25, -0.2) is 0 Å². The summed E-state index contributed by atoms with van der Waals surface area (Å²) < 4.78 is 5.52. The zero-order valence-electron chi connectivity index (χ0n) is 20.4. The quantitative estimate of drug-likeness (QED) is 0.512. The number of benzene rings is 2. The summed E-state index contributed by atoms with van der Waals surface area (Å²) >= 11 is 0. The van der Waals surface area contributed by atoms with Gasteiger partial charge in [-0.1, -0.05) is 38.1 Å². The van der Waals surface area contributed by atoms with E-state index < -0.39 is 5.54 Å². The lowest BCUT2D eigenvalue weighted by Gasteiger charge is -2.40. The Hall–Kier alpha value is -2.12. The fourth-order valence-electron chi connectivity index (χ4n) is 5.08. The van der Waals surface area contributed by atoms with Crippen LogP contribution < -0.4 is 15.5 Å². The SMILES string of the molecule is C[C@H](NC(C)(CO)CO)c1ccc2c(c1)C(C)(C)CC(c1cccc(N3CCOCC3)c1)N2. The summed E-state index contributed by atoms with van der Waals surface area (Å²) in [5.41, 5.74) is 5.53. The summed E-state index contributed by atoms with van der Waals surface area (Å²) in [6, 6.07) is 15.8. The number of hydrogen-bond acceptors (Lipinski definition) is 6. The van der Waals surface area contributed by atoms with Crippen molar-refractivity contribution < 1.29 is 14.9 Å². The first-order chi connectivity index (χ1) is 15.7. The number of aliphatic hydroxyl groups excluding tert-OH is 2. The average molecular weight is 454 g/mol. The Kier molecular flexibility index (Phi) is 7.01. The van der Waals surface area contributed by atoms with E-state index in [4.69, 9.17) is 4.74 Å². The molecule has 1 saturated heterocycles. The van der Waals surface area contributed by atoms with Gasteiger partial charge < -0.3 is 30.5 Å². The van der Waals surface area contributed by atoms with Crippen LogP contribution in [-0.4, -0.2) is 55.3 Å². The topological polar surface area (TPSA) is 77.0 Å². The van der Waals surface area contributed by atoms with Gasteiger partial charge in [0.15, 0.2) is 0 Å². The molecule has 0 saturated carbocycles. The lowest BCUT2D eigenvalue weighted by molar-refractivity contribution is 0.0957. The van der Waals surface area contributed by atoms with Crippen LogP contribution in [0.5, 0.6) is 0 Å². The Morgan fingerprint density at radius 3 is 2.58 bits per heavy atom. The molecule has 0 aliphatic carbocycles. The maximum absolute atomic E-state index is 9.65. The van der Waals surface area contributed by atoms with Crippen LogP contribution >= 0.6 is 0 Å². The van der Waals surface area contributed by atoms with Gasteiger partial charge in [-0.2, -0.15) is 0 Å². The van der Waals surface area contributed by atoms with E-state index in [1.807, 2.05) is 6.92 Å². The van der Waals surface area contributed by atoms with Gasteiger partial charge in [0.1, 0.15) is 0 Å². The van der Waals surface area contributed by atoms with Crippen LogP contribution in [0.1, 0.15) is 62.9 Å². The standard InChI is InChI=1S/C27H39N3O3/c1-19(29-27(4,17-31)18-32)20-8-9-24-23(15-20)26(2,3)16-25(28-24)21-6-5-7-22(14-21)30-10-12-33-13-11-30/h5-9,14-15,19,25,28-29,31-32H,10-13,16-18H2,1-4H3/t19-,25?/m0/s1. The molecule has 1 unspecified atom stereocenters. The first-order valence-electron chi connectivity index (χ1n) is 12.1. The van der Waals surface area contributed by atoms with E-state index in [0.29, 0.717) is 0 Å². The molecule has 4 rings (SSSR count). The molecule has 0 bridgehead atoms. The second-order valence-electron chi connectivity index (χ2n) is 10.5. The molecule has 2 atom stereocenters. The van der Waals surface area contributed by atoms with Crippen LogP contribution in [0, 0.1) is 0 Å². The van der Waals surface area contributed by atoms with E-state index in [9.17, 15) is 10.2 Å². The van der Waals surface area contributed by atoms with Gasteiger partial charge in [-0.3, -0.25) is 0 Å². The van der Waals surface area contributed by atoms with Crippen molar-refractivity contribution in [2.24, 2.45) is 0 Å². The molecule has 0 aromatic heterocycles. The van der Waals surface area contributed by atoms with Crippen LogP contribution in [-0.2, 0) is 10.2 Å². The third-order valence-corrected chi connectivity index (χ3v) is 7.23. The van der Waals surface area contributed by atoms with E-state index in [0.717, 1.165) is 38.3 Å². The van der Waals surface area contributed by atoms with Gasteiger partial charge in [0.2, 0.25) is 0 Å². The Balaban J connectivity index is 1.56. The number of morpholine rings is 1. The van der Waals surface area contributed by atoms with Crippen molar-refractivity contribution in [3.63, 3.8) is 0 Å². The molecule has 2 aromatic carbocycles. The third-order valence-electron chi connectivity index (χ3n) is 7.23. The monoisotopic (exact) mass is 453 g/mol. The minimum atomic E-state index is -0.709. The second kappa shape index (κ2) is 9.63. The highest BCUT2D eigenvalue weighted by Gasteiger charge is 2.34. The lowest BCUT2D eigenvalue weighted by atomic mass is 9.73. The van der Waals surface area contributed by atoms with Crippen molar-refractivity contribution in [2.45, 2.75) is 57.2 Å². The fraction of sp³-hybridized carbons (Fsp3) is 0.556. The van der Waals surface area contributed by atoms with Crippen LogP contribution in [0.15, 0.2) is 42.5 Å². The largest absolute Gasteiger partial charge is 0.394 e. The molecule has 2 aliphatic rings. The summed E-state index contributed by atoms with van der Waals surface area (Å²) in [5, 5.41) is 26.5. The minimum absolute atomic E-state index is 0.00715. The number of anilines is 2. The summed E-state index contributed by atoms with van der Waals surface area (Å²) in [6.07, 6.45) is 1.00. The zero-order chi connectivity index (χ0) is 23.6. The van der Waals surface area contributed by atoms with Crippen molar-refractivity contribution in [3.05, 3.63) is 59.2 Å². The number of hydrogen-bond donors (Lipinski definition) is 4. The van der Waals surface area contributed by atoms with Crippen LogP contribution in [0.3, 0.4) is 0 Å². The number of nitrogens with one attached hydrogen (secondary N) is 2. The molecule has 6 nitrogen and oxygen atoms in total. The number of rotatable bonds is 7. The molecule has 0 amide bonds. The highest BCUT2D eigenvalue weighted by atomic mass is 16.5. The summed E-state index contributed by atoms with van der Waals surface area (Å²) in [4.78, 5) is 2.40. The van der Waals surface area contributed by atoms with Crippen LogP contribution in [0.25, 0.3) is 0 Å². The molecule has 4 N–H and O–H groups in total. The Morgan fingerprint density at radius 1 is 1.15 bits per heavy atom. The molecule has 0 spiro atoms. The first-order valence-corrected chi connectivity index (χ1v) is 12.1. The van der Waals surface area contributed by atoms with Crippen molar-refractivity contribution in [1.82, 2.24) is 5.32 Å². The van der Waals surface area contributed by atoms with E-state index in [-0.39, 0.29) is 30.7 Å². The molecule has 180 valence electrons. The molecular formula is C27H39N3O3. The maximum Gasteiger partial charge on any atom is 0.0642 e. The molecule has 2 aliphatic heterocycles. The van der Waals surface area contributed by atoms with Crippen molar-refractivity contribution in [3.8, 4) is 0 Å². The molecule has 33 heavy (non-hydrogen) atoms. The molecule has 2 aromatic rings. The number of nitrogens with zero attached hydrogens (tertiary/aromatic N) is 1. The van der Waals surface area contributed by atoms with Gasteiger partial charge in [0.25, 0.3) is 0 Å². The Morgan fingerprint density at radius 2 is 1.88 bits per heavy atom. The summed E-state index contributed by atoms with van der Waals surface area (Å²) in [7, 11) is 0. The van der Waals surface area contributed by atoms with Gasteiger partial charge >= 0.3 is 0 Å². The molecule has 6 heteroatoms. The average Bonchev–Trinajstić information content (AvgIpc) is 2.84. The number of fused-ring (bicyclic) bond motifs is 1.